The molecule has 0 spiro atoms. The number of halogens is 3. The molecule has 0 bridgehead atoms. The molecular weight excluding hydrogens is 463 g/mol. The molecule has 3 rings (SSSR count). The fraction of sp³-hybridized carbons (Fsp3) is 0.571. The highest BCUT2D eigenvalue weighted by Crippen LogP contribution is 2.44. The number of hydrogen-bond acceptors (Lipinski definition) is 5. The maximum atomic E-state index is 13.0. The number of amides is 1. The molecule has 0 N–H and O–H groups in total. The van der Waals surface area contributed by atoms with Gasteiger partial charge in [0.05, 0.1) is 21.2 Å². The Bertz CT molecular complexity index is 979. The zero-order chi connectivity index (χ0) is 23.7. The Morgan fingerprint density at radius 2 is 1.84 bits per heavy atom. The van der Waals surface area contributed by atoms with Crippen LogP contribution in [0.15, 0.2) is 41.7 Å². The third-order valence-electron chi connectivity index (χ3n) is 6.32. The Morgan fingerprint density at radius 3 is 2.44 bits per heavy atom. The molecule has 1 aliphatic heterocycles. The highest BCUT2D eigenvalue weighted by atomic mass is 32.2. The number of nitrogens with zero attached hydrogens (tertiary/aromatic N) is 1. The van der Waals surface area contributed by atoms with Gasteiger partial charge in [0.2, 0.25) is 0 Å². The van der Waals surface area contributed by atoms with Gasteiger partial charge < -0.3 is 13.8 Å². The van der Waals surface area contributed by atoms with Gasteiger partial charge in [-0.15, -0.1) is 0 Å². The molecule has 2 aliphatic rings. The lowest BCUT2D eigenvalue weighted by Crippen LogP contribution is -2.51. The van der Waals surface area contributed by atoms with Gasteiger partial charge in [0, 0.05) is 13.0 Å². The second kappa shape index (κ2) is 9.09. The summed E-state index contributed by atoms with van der Waals surface area (Å²) in [5.74, 6) is -0.350. The number of carbonyl (C=O) groups excluding carboxylic acids is 1. The van der Waals surface area contributed by atoms with Crippen LogP contribution in [0.1, 0.15) is 25.7 Å². The van der Waals surface area contributed by atoms with E-state index in [2.05, 4.69) is 17.3 Å². The summed E-state index contributed by atoms with van der Waals surface area (Å²) in [5, 5.41) is 1.20. The summed E-state index contributed by atoms with van der Waals surface area (Å²) in [6.07, 6.45) is 1.30. The summed E-state index contributed by atoms with van der Waals surface area (Å²) in [4.78, 5) is 13.8. The van der Waals surface area contributed by atoms with Crippen molar-refractivity contribution in [2.24, 2.45) is 5.92 Å². The highest BCUT2D eigenvalue weighted by molar-refractivity contribution is 7.87. The normalized spacial score (nSPS) is 22.4. The summed E-state index contributed by atoms with van der Waals surface area (Å²) in [7, 11) is -6.57. The molecule has 1 fully saturated rings. The van der Waals surface area contributed by atoms with E-state index in [4.69, 9.17) is 4.74 Å². The van der Waals surface area contributed by atoms with E-state index in [0.29, 0.717) is 24.5 Å². The van der Waals surface area contributed by atoms with Crippen LogP contribution in [0.3, 0.4) is 0 Å². The fourth-order valence-corrected chi connectivity index (χ4v) is 8.37. The van der Waals surface area contributed by atoms with Crippen LogP contribution in [0.4, 0.5) is 18.0 Å². The molecule has 1 heterocycles. The molecular formula is C21H28F3NO5SSi. The Kier molecular flexibility index (Phi) is 6.99. The second-order valence-electron chi connectivity index (χ2n) is 8.87. The van der Waals surface area contributed by atoms with Crippen molar-refractivity contribution in [3.05, 3.63) is 41.7 Å². The van der Waals surface area contributed by atoms with Gasteiger partial charge in [-0.3, -0.25) is 0 Å². The Labute approximate surface area is 187 Å². The number of alkyl halides is 3. The molecule has 11 heteroatoms. The quantitative estimate of drug-likeness (QED) is 0.348. The minimum absolute atomic E-state index is 0.0375. The van der Waals surface area contributed by atoms with Gasteiger partial charge in [-0.1, -0.05) is 55.0 Å². The standard InChI is InChI=1S/C21H28F3NO5SSi/c1-29-20(26)25-13-12-18(30-31(27,28)21(22,23)24)19-15(8-7-11-17(19)25)14-32(2,3)16-9-5-4-6-10-16/h4-6,9-10,15,17H,7-8,11-14H2,1-3H3/t15-,17+/m1/s1. The highest BCUT2D eigenvalue weighted by Gasteiger charge is 2.51. The van der Waals surface area contributed by atoms with Crippen molar-refractivity contribution in [1.29, 1.82) is 0 Å². The van der Waals surface area contributed by atoms with Gasteiger partial charge in [-0.05, 0) is 30.4 Å². The predicted molar refractivity (Wildman–Crippen MR) is 116 cm³/mol. The lowest BCUT2D eigenvalue weighted by Gasteiger charge is -2.44. The van der Waals surface area contributed by atoms with Gasteiger partial charge in [0.1, 0.15) is 5.76 Å². The van der Waals surface area contributed by atoms with E-state index < -0.39 is 35.8 Å². The minimum Gasteiger partial charge on any atom is -0.453 e. The van der Waals surface area contributed by atoms with E-state index in [1.807, 2.05) is 30.3 Å². The zero-order valence-electron chi connectivity index (χ0n) is 18.3. The maximum Gasteiger partial charge on any atom is 0.534 e. The van der Waals surface area contributed by atoms with Gasteiger partial charge in [0.15, 0.2) is 0 Å². The third-order valence-corrected chi connectivity index (χ3v) is 10.7. The molecule has 0 unspecified atom stereocenters. The van der Waals surface area contributed by atoms with Crippen LogP contribution in [-0.2, 0) is 19.0 Å². The molecule has 1 aromatic rings. The average molecular weight is 492 g/mol. The summed E-state index contributed by atoms with van der Waals surface area (Å²) in [6.45, 7) is 4.40. The molecule has 6 nitrogen and oxygen atoms in total. The van der Waals surface area contributed by atoms with Crippen LogP contribution in [0.2, 0.25) is 19.1 Å². The summed E-state index contributed by atoms with van der Waals surface area (Å²) in [5.41, 5.74) is -5.02. The van der Waals surface area contributed by atoms with Crippen molar-refractivity contribution in [3.8, 4) is 0 Å². The number of benzene rings is 1. The van der Waals surface area contributed by atoms with Gasteiger partial charge >= 0.3 is 21.7 Å². The molecule has 2 atom stereocenters. The molecule has 1 aromatic carbocycles. The molecule has 0 aromatic heterocycles. The van der Waals surface area contributed by atoms with E-state index in [1.54, 1.807) is 0 Å². The average Bonchev–Trinajstić information content (AvgIpc) is 2.73. The zero-order valence-corrected chi connectivity index (χ0v) is 20.1. The van der Waals surface area contributed by atoms with Crippen molar-refractivity contribution in [2.45, 2.75) is 56.4 Å². The summed E-state index contributed by atoms with van der Waals surface area (Å²) < 4.78 is 72.3. The van der Waals surface area contributed by atoms with Crippen LogP contribution >= 0.6 is 0 Å². The SMILES string of the molecule is COC(=O)N1CCC(OS(=O)(=O)C(F)(F)F)=C2[C@@H](C[Si](C)(C)c3ccccc3)CCC[C@@H]21. The van der Waals surface area contributed by atoms with E-state index in [0.717, 1.165) is 6.42 Å². The van der Waals surface area contributed by atoms with Crippen LogP contribution in [0.5, 0.6) is 0 Å². The first-order valence-electron chi connectivity index (χ1n) is 10.5. The lowest BCUT2D eigenvalue weighted by atomic mass is 9.78. The molecule has 1 aliphatic carbocycles. The van der Waals surface area contributed by atoms with E-state index in [1.165, 1.54) is 17.2 Å². The number of methoxy groups -OCH3 is 1. The maximum absolute atomic E-state index is 13.0. The molecule has 0 radical (unpaired) electrons. The van der Waals surface area contributed by atoms with Crippen LogP contribution in [0.25, 0.3) is 0 Å². The van der Waals surface area contributed by atoms with Gasteiger partial charge in [-0.25, -0.2) is 4.79 Å². The van der Waals surface area contributed by atoms with E-state index >= 15 is 0 Å². The van der Waals surface area contributed by atoms with Crippen LogP contribution in [-0.4, -0.2) is 52.7 Å². The number of rotatable bonds is 5. The van der Waals surface area contributed by atoms with Crippen molar-refractivity contribution in [2.75, 3.05) is 13.7 Å². The topological polar surface area (TPSA) is 72.9 Å². The summed E-state index contributed by atoms with van der Waals surface area (Å²) in [6, 6.07) is 10.1. The number of carbonyl (C=O) groups is 1. The Balaban J connectivity index is 2.03. The second-order valence-corrected chi connectivity index (χ2v) is 15.2. The Hall–Kier alpha value is -2.01. The number of hydrogen-bond donors (Lipinski definition) is 0. The third kappa shape index (κ3) is 4.98. The number of fused-ring (bicyclic) bond motifs is 1. The largest absolute Gasteiger partial charge is 0.534 e. The molecule has 178 valence electrons. The summed E-state index contributed by atoms with van der Waals surface area (Å²) >= 11 is 0. The van der Waals surface area contributed by atoms with E-state index in [9.17, 15) is 26.4 Å². The molecule has 32 heavy (non-hydrogen) atoms. The first kappa shape index (κ1) is 24.6. The smallest absolute Gasteiger partial charge is 0.453 e. The molecule has 1 amide bonds. The van der Waals surface area contributed by atoms with Crippen molar-refractivity contribution in [1.82, 2.24) is 4.90 Å². The van der Waals surface area contributed by atoms with Crippen molar-refractivity contribution < 1.29 is 35.3 Å². The van der Waals surface area contributed by atoms with Crippen LogP contribution < -0.4 is 5.19 Å². The van der Waals surface area contributed by atoms with Crippen LogP contribution in [0, 0.1) is 5.92 Å². The van der Waals surface area contributed by atoms with Gasteiger partial charge in [-0.2, -0.15) is 21.6 Å². The fourth-order valence-electron chi connectivity index (χ4n) is 4.84. The van der Waals surface area contributed by atoms with E-state index in [-0.39, 0.29) is 24.6 Å². The van der Waals surface area contributed by atoms with Gasteiger partial charge in [0.25, 0.3) is 0 Å². The molecule has 1 saturated carbocycles. The molecule has 0 saturated heterocycles. The first-order valence-corrected chi connectivity index (χ1v) is 15.1. The monoisotopic (exact) mass is 491 g/mol. The first-order chi connectivity index (χ1) is 14.9. The Morgan fingerprint density at radius 1 is 1.19 bits per heavy atom. The van der Waals surface area contributed by atoms with Crippen molar-refractivity contribution >= 4 is 29.5 Å². The minimum atomic E-state index is -5.79. The lowest BCUT2D eigenvalue weighted by molar-refractivity contribution is -0.0528. The number of ether oxygens (including phenoxy) is 1. The van der Waals surface area contributed by atoms with Crippen molar-refractivity contribution in [3.63, 3.8) is 0 Å². The predicted octanol–water partition coefficient (Wildman–Crippen LogP) is 4.36.